The number of hydrogen-bond donors (Lipinski definition) is 2. The van der Waals surface area contributed by atoms with E-state index in [0.29, 0.717) is 31.6 Å². The number of imide groups is 1. The summed E-state index contributed by atoms with van der Waals surface area (Å²) in [5.41, 5.74) is 1.53. The van der Waals surface area contributed by atoms with Crippen molar-refractivity contribution in [2.45, 2.75) is 56.4 Å². The number of esters is 1. The summed E-state index contributed by atoms with van der Waals surface area (Å²) in [7, 11) is 0. The van der Waals surface area contributed by atoms with Gasteiger partial charge in [0.05, 0.1) is 5.41 Å². The Morgan fingerprint density at radius 3 is 2.41 bits per heavy atom. The largest absolute Gasteiger partial charge is 0.455 e. The van der Waals surface area contributed by atoms with E-state index in [4.69, 9.17) is 4.74 Å². The summed E-state index contributed by atoms with van der Waals surface area (Å²) < 4.78 is 5.20. The zero-order valence-corrected chi connectivity index (χ0v) is 16.4. The third-order valence-corrected chi connectivity index (χ3v) is 6.33. The molecule has 1 heterocycles. The van der Waals surface area contributed by atoms with E-state index in [1.165, 1.54) is 0 Å². The number of nitrogens with one attached hydrogen (secondary N) is 2. The Kier molecular flexibility index (Phi) is 4.80. The number of benzene rings is 1. The topological polar surface area (TPSA) is 105 Å². The lowest BCUT2D eigenvalue weighted by Crippen LogP contribution is -2.52. The second-order valence-electron chi connectivity index (χ2n) is 8.39. The highest BCUT2D eigenvalue weighted by atomic mass is 16.5. The van der Waals surface area contributed by atoms with E-state index in [0.717, 1.165) is 23.4 Å². The molecule has 3 aliphatic rings. The van der Waals surface area contributed by atoms with Gasteiger partial charge in [0.1, 0.15) is 5.54 Å². The summed E-state index contributed by atoms with van der Waals surface area (Å²) in [5, 5.41) is 3.45. The number of nitrogens with zero attached hydrogens (tertiary/aromatic N) is 1. The number of hydrazine groups is 1. The highest BCUT2D eigenvalue weighted by molar-refractivity contribution is 6.08. The zero-order chi connectivity index (χ0) is 20.6. The van der Waals surface area contributed by atoms with Crippen molar-refractivity contribution in [2.75, 3.05) is 6.61 Å². The summed E-state index contributed by atoms with van der Waals surface area (Å²) in [4.78, 5) is 49.7. The van der Waals surface area contributed by atoms with Gasteiger partial charge in [-0.05, 0) is 50.0 Å². The van der Waals surface area contributed by atoms with E-state index in [9.17, 15) is 19.2 Å². The van der Waals surface area contributed by atoms with Crippen molar-refractivity contribution in [1.82, 2.24) is 15.8 Å². The fourth-order valence-electron chi connectivity index (χ4n) is 4.23. The van der Waals surface area contributed by atoms with Crippen LogP contribution >= 0.6 is 0 Å². The van der Waals surface area contributed by atoms with Gasteiger partial charge >= 0.3 is 12.0 Å². The Labute approximate surface area is 168 Å². The van der Waals surface area contributed by atoms with Gasteiger partial charge in [0.25, 0.3) is 11.8 Å². The van der Waals surface area contributed by atoms with Crippen LogP contribution in [0.2, 0.25) is 0 Å². The average Bonchev–Trinajstić information content (AvgIpc) is 3.50. The average molecular weight is 399 g/mol. The number of ether oxygens (including phenoxy) is 1. The summed E-state index contributed by atoms with van der Waals surface area (Å²) in [6.45, 7) is 1.57. The van der Waals surface area contributed by atoms with E-state index >= 15 is 0 Å². The SMILES string of the molecule is CC1CCC2(CC1)NC(=O)N(NC(=O)COC(=O)C1(c3ccccc3)CC1)C2=O. The second-order valence-corrected chi connectivity index (χ2v) is 8.39. The fourth-order valence-corrected chi connectivity index (χ4v) is 4.23. The smallest absolute Gasteiger partial charge is 0.344 e. The van der Waals surface area contributed by atoms with Crippen LogP contribution in [0, 0.1) is 5.92 Å². The summed E-state index contributed by atoms with van der Waals surface area (Å²) in [6, 6.07) is 8.67. The van der Waals surface area contributed by atoms with Gasteiger partial charge < -0.3 is 10.1 Å². The van der Waals surface area contributed by atoms with Crippen molar-refractivity contribution in [3.05, 3.63) is 35.9 Å². The van der Waals surface area contributed by atoms with Gasteiger partial charge in [-0.25, -0.2) is 4.79 Å². The second kappa shape index (κ2) is 7.17. The maximum Gasteiger partial charge on any atom is 0.344 e. The Morgan fingerprint density at radius 1 is 1.14 bits per heavy atom. The molecule has 3 fully saturated rings. The van der Waals surface area contributed by atoms with Gasteiger partial charge in [0.2, 0.25) is 0 Å². The van der Waals surface area contributed by atoms with Crippen molar-refractivity contribution in [2.24, 2.45) is 5.92 Å². The summed E-state index contributed by atoms with van der Waals surface area (Å²) in [5.74, 6) is -1.12. The maximum absolute atomic E-state index is 12.7. The minimum absolute atomic E-state index is 0.447. The zero-order valence-electron chi connectivity index (χ0n) is 16.4. The van der Waals surface area contributed by atoms with Crippen molar-refractivity contribution >= 4 is 23.8 Å². The highest BCUT2D eigenvalue weighted by Crippen LogP contribution is 2.49. The minimum Gasteiger partial charge on any atom is -0.455 e. The van der Waals surface area contributed by atoms with Crippen LogP contribution in [0.5, 0.6) is 0 Å². The van der Waals surface area contributed by atoms with Gasteiger partial charge in [0, 0.05) is 0 Å². The molecule has 1 saturated heterocycles. The van der Waals surface area contributed by atoms with Crippen LogP contribution in [0.15, 0.2) is 30.3 Å². The first-order valence-corrected chi connectivity index (χ1v) is 10.1. The molecule has 29 heavy (non-hydrogen) atoms. The first kappa shape index (κ1) is 19.4. The maximum atomic E-state index is 12.7. The number of urea groups is 1. The lowest BCUT2D eigenvalue weighted by Gasteiger charge is -2.33. The van der Waals surface area contributed by atoms with Gasteiger partial charge in [-0.1, -0.05) is 37.3 Å². The van der Waals surface area contributed by atoms with E-state index < -0.39 is 41.4 Å². The molecule has 4 rings (SSSR count). The normalized spacial score (nSPS) is 27.5. The molecule has 0 aromatic heterocycles. The molecule has 2 aliphatic carbocycles. The monoisotopic (exact) mass is 399 g/mol. The molecule has 154 valence electrons. The predicted molar refractivity (Wildman–Crippen MR) is 102 cm³/mol. The van der Waals surface area contributed by atoms with Gasteiger partial charge in [-0.3, -0.25) is 19.8 Å². The van der Waals surface area contributed by atoms with Crippen LogP contribution in [-0.4, -0.2) is 41.0 Å². The number of hydrogen-bond acceptors (Lipinski definition) is 5. The number of carbonyl (C=O) groups excluding carboxylic acids is 4. The molecule has 8 nitrogen and oxygen atoms in total. The Hall–Kier alpha value is -2.90. The van der Waals surface area contributed by atoms with E-state index in [1.54, 1.807) is 0 Å². The van der Waals surface area contributed by atoms with Crippen molar-refractivity contribution in [3.63, 3.8) is 0 Å². The molecule has 1 aromatic rings. The molecular weight excluding hydrogens is 374 g/mol. The van der Waals surface area contributed by atoms with Crippen LogP contribution in [0.1, 0.15) is 51.0 Å². The van der Waals surface area contributed by atoms with Crippen LogP contribution in [0.4, 0.5) is 4.79 Å². The lowest BCUT2D eigenvalue weighted by atomic mass is 9.77. The molecule has 4 amide bonds. The summed E-state index contributed by atoms with van der Waals surface area (Å²) in [6.07, 6.45) is 4.14. The molecule has 0 bridgehead atoms. The van der Waals surface area contributed by atoms with Crippen LogP contribution in [-0.2, 0) is 24.5 Å². The number of rotatable bonds is 5. The fraction of sp³-hybridized carbons (Fsp3) is 0.524. The van der Waals surface area contributed by atoms with E-state index in [1.807, 2.05) is 30.3 Å². The minimum atomic E-state index is -0.932. The van der Waals surface area contributed by atoms with Gasteiger partial charge in [-0.2, -0.15) is 5.01 Å². The molecule has 0 atom stereocenters. The van der Waals surface area contributed by atoms with Crippen LogP contribution in [0.25, 0.3) is 0 Å². The lowest BCUT2D eigenvalue weighted by molar-refractivity contribution is -0.153. The van der Waals surface area contributed by atoms with E-state index in [2.05, 4.69) is 17.7 Å². The molecule has 1 spiro atoms. The first-order chi connectivity index (χ1) is 13.9. The van der Waals surface area contributed by atoms with Crippen molar-refractivity contribution in [1.29, 1.82) is 0 Å². The van der Waals surface area contributed by atoms with Gasteiger partial charge in [-0.15, -0.1) is 0 Å². The van der Waals surface area contributed by atoms with Gasteiger partial charge in [0.15, 0.2) is 6.61 Å². The Balaban J connectivity index is 1.33. The van der Waals surface area contributed by atoms with Crippen molar-refractivity contribution < 1.29 is 23.9 Å². The highest BCUT2D eigenvalue weighted by Gasteiger charge is 2.54. The molecular formula is C21H25N3O5. The molecule has 1 aromatic carbocycles. The van der Waals surface area contributed by atoms with Crippen LogP contribution < -0.4 is 10.7 Å². The third kappa shape index (κ3) is 3.47. The molecule has 0 unspecified atom stereocenters. The molecule has 1 aliphatic heterocycles. The molecule has 0 radical (unpaired) electrons. The quantitative estimate of drug-likeness (QED) is 0.580. The van der Waals surface area contributed by atoms with Crippen molar-refractivity contribution in [3.8, 4) is 0 Å². The first-order valence-electron chi connectivity index (χ1n) is 10.1. The summed E-state index contributed by atoms with van der Waals surface area (Å²) >= 11 is 0. The number of amides is 4. The van der Waals surface area contributed by atoms with Crippen LogP contribution in [0.3, 0.4) is 0 Å². The Bertz CT molecular complexity index is 841. The standard InChI is InChI=1S/C21H25N3O5/c1-14-7-9-21(10-8-14)17(26)24(19(28)22-21)23-16(25)13-29-18(27)20(11-12-20)15-5-3-2-4-6-15/h2-6,14H,7-13H2,1H3,(H,22,28)(H,23,25). The molecule has 2 saturated carbocycles. The molecule has 8 heteroatoms. The Morgan fingerprint density at radius 2 is 1.79 bits per heavy atom. The number of carbonyl (C=O) groups is 4. The molecule has 2 N–H and O–H groups in total. The predicted octanol–water partition coefficient (Wildman–Crippen LogP) is 1.79. The van der Waals surface area contributed by atoms with E-state index in [-0.39, 0.29) is 0 Å². The third-order valence-electron chi connectivity index (χ3n) is 6.33.